The van der Waals surface area contributed by atoms with Crippen LogP contribution in [0, 0.1) is 6.92 Å². The topological polar surface area (TPSA) is 8.29 Å². The highest BCUT2D eigenvalue weighted by molar-refractivity contribution is 7.14. The van der Waals surface area contributed by atoms with Gasteiger partial charge >= 0.3 is 11.1 Å². The third-order valence-electron chi connectivity index (χ3n) is 4.12. The molecule has 0 spiro atoms. The van der Waals surface area contributed by atoms with E-state index in [-0.39, 0.29) is 17.0 Å². The van der Waals surface area contributed by atoms with Crippen LogP contribution in [0.2, 0.25) is 0 Å². The molecule has 0 N–H and O–H groups in total. The Morgan fingerprint density at radius 1 is 1.08 bits per heavy atom. The van der Waals surface area contributed by atoms with Gasteiger partial charge in [0.25, 0.3) is 0 Å². The molecule has 0 atom stereocenters. The fourth-order valence-electron chi connectivity index (χ4n) is 3.04. The van der Waals surface area contributed by atoms with Crippen molar-refractivity contribution in [1.82, 2.24) is 4.40 Å². The number of aryl methyl sites for hydroxylation is 1. The largest absolute Gasteiger partial charge is 1.00 e. The van der Waals surface area contributed by atoms with Gasteiger partial charge < -0.3 is 17.0 Å². The maximum absolute atomic E-state index is 12.9. The molecule has 2 heterocycles. The lowest BCUT2D eigenvalue weighted by Gasteiger charge is -2.07. The minimum atomic E-state index is -4.32. The summed E-state index contributed by atoms with van der Waals surface area (Å²) < 4.78 is 43.1. The Morgan fingerprint density at radius 2 is 1.84 bits per heavy atom. The van der Waals surface area contributed by atoms with Gasteiger partial charge in [-0.3, -0.25) is 0 Å². The number of para-hydroxylation sites is 2. The van der Waals surface area contributed by atoms with Gasteiger partial charge in [0.15, 0.2) is 11.0 Å². The number of rotatable bonds is 2. The Balaban J connectivity index is 0.00000182. The number of alkyl halides is 3. The van der Waals surface area contributed by atoms with Crippen LogP contribution in [-0.4, -0.2) is 4.40 Å². The first-order valence-corrected chi connectivity index (χ1v) is 8.36. The number of fused-ring (bicyclic) bond motifs is 3. The Kier molecular flexibility index (Phi) is 4.64. The van der Waals surface area contributed by atoms with Gasteiger partial charge in [0.1, 0.15) is 12.2 Å². The molecule has 0 aliphatic heterocycles. The van der Waals surface area contributed by atoms with Crippen molar-refractivity contribution in [3.05, 3.63) is 70.7 Å². The van der Waals surface area contributed by atoms with E-state index in [1.165, 1.54) is 12.1 Å². The normalized spacial score (nSPS) is 11.8. The van der Waals surface area contributed by atoms with Gasteiger partial charge in [-0.25, -0.2) is 4.57 Å². The third-order valence-corrected chi connectivity index (χ3v) is 5.19. The van der Waals surface area contributed by atoms with Crippen molar-refractivity contribution in [2.75, 3.05) is 0 Å². The molecule has 4 rings (SSSR count). The zero-order valence-electron chi connectivity index (χ0n) is 13.2. The van der Waals surface area contributed by atoms with E-state index in [1.54, 1.807) is 17.4 Å². The second-order valence-electron chi connectivity index (χ2n) is 5.77. The molecule has 0 amide bonds. The second kappa shape index (κ2) is 6.46. The number of aromatic nitrogens is 2. The fraction of sp³-hybridized carbons (Fsp3) is 0.167. The maximum Gasteiger partial charge on any atom is 0.416 e. The van der Waals surface area contributed by atoms with Crippen LogP contribution in [0.4, 0.5) is 13.2 Å². The molecule has 2 aromatic heterocycles. The summed E-state index contributed by atoms with van der Waals surface area (Å²) in [6, 6.07) is 13.5. The first kappa shape index (κ1) is 17.9. The lowest BCUT2D eigenvalue weighted by molar-refractivity contribution is -0.634. The number of nitrogens with zero attached hydrogens (tertiary/aromatic N) is 2. The fourth-order valence-corrected chi connectivity index (χ4v) is 4.06. The summed E-state index contributed by atoms with van der Waals surface area (Å²) >= 11 is 1.60. The van der Waals surface area contributed by atoms with E-state index >= 15 is 0 Å². The summed E-state index contributed by atoms with van der Waals surface area (Å²) in [6.45, 7) is 2.44. The standard InChI is InChI=1S/C18H14F3N2S.BrH/c1-12-11-24-17-22(15-7-2-3-8-16(15)23(12)17)10-13-5-4-6-14(9-13)18(19,20)21;/h2-9,11H,10H2,1H3;1H/q+1;/p-1. The summed E-state index contributed by atoms with van der Waals surface area (Å²) in [4.78, 5) is 1.02. The molecule has 0 fully saturated rings. The molecule has 0 bridgehead atoms. The average Bonchev–Trinajstić information content (AvgIpc) is 3.07. The van der Waals surface area contributed by atoms with Gasteiger partial charge in [-0.05, 0) is 36.8 Å². The predicted molar refractivity (Wildman–Crippen MR) is 88.3 cm³/mol. The van der Waals surface area contributed by atoms with Crippen molar-refractivity contribution < 1.29 is 34.7 Å². The van der Waals surface area contributed by atoms with Gasteiger partial charge in [-0.2, -0.15) is 17.6 Å². The molecule has 0 unspecified atom stereocenters. The number of thiazole rings is 1. The van der Waals surface area contributed by atoms with Crippen LogP contribution < -0.4 is 21.5 Å². The summed E-state index contributed by atoms with van der Waals surface area (Å²) in [5.74, 6) is 0. The van der Waals surface area contributed by atoms with Crippen molar-refractivity contribution in [3.63, 3.8) is 0 Å². The van der Waals surface area contributed by atoms with E-state index in [0.717, 1.165) is 27.8 Å². The molecule has 7 heteroatoms. The Morgan fingerprint density at radius 3 is 2.60 bits per heavy atom. The van der Waals surface area contributed by atoms with Crippen molar-refractivity contribution in [2.24, 2.45) is 0 Å². The molecule has 2 nitrogen and oxygen atoms in total. The lowest BCUT2D eigenvalue weighted by Crippen LogP contribution is -3.00. The van der Waals surface area contributed by atoms with Crippen molar-refractivity contribution in [2.45, 2.75) is 19.6 Å². The molecule has 130 valence electrons. The number of imidazole rings is 1. The maximum atomic E-state index is 12.9. The zero-order valence-corrected chi connectivity index (χ0v) is 15.6. The van der Waals surface area contributed by atoms with Crippen LogP contribution in [0.15, 0.2) is 53.9 Å². The van der Waals surface area contributed by atoms with Crippen LogP contribution in [0.25, 0.3) is 16.0 Å². The van der Waals surface area contributed by atoms with Gasteiger partial charge in [-0.15, -0.1) is 0 Å². The predicted octanol–water partition coefficient (Wildman–Crippen LogP) is 1.82. The van der Waals surface area contributed by atoms with Gasteiger partial charge in [0.05, 0.1) is 5.56 Å². The van der Waals surface area contributed by atoms with E-state index < -0.39 is 11.7 Å². The number of halogens is 4. The lowest BCUT2D eigenvalue weighted by atomic mass is 10.1. The molecule has 0 radical (unpaired) electrons. The Labute approximate surface area is 156 Å². The van der Waals surface area contributed by atoms with Crippen LogP contribution in [-0.2, 0) is 12.7 Å². The van der Waals surface area contributed by atoms with Gasteiger partial charge in [-0.1, -0.05) is 35.6 Å². The van der Waals surface area contributed by atoms with Gasteiger partial charge in [0.2, 0.25) is 0 Å². The Hall–Kier alpha value is -1.86. The molecule has 0 aliphatic carbocycles. The number of hydrogen-bond donors (Lipinski definition) is 0. The van der Waals surface area contributed by atoms with Crippen LogP contribution in [0.3, 0.4) is 0 Å². The molecule has 2 aromatic carbocycles. The van der Waals surface area contributed by atoms with E-state index in [9.17, 15) is 13.2 Å². The average molecular weight is 427 g/mol. The highest BCUT2D eigenvalue weighted by Crippen LogP contribution is 2.30. The van der Waals surface area contributed by atoms with E-state index in [1.807, 2.05) is 31.2 Å². The van der Waals surface area contributed by atoms with Gasteiger partial charge in [0, 0.05) is 5.38 Å². The Bertz CT molecular complexity index is 1050. The van der Waals surface area contributed by atoms with Crippen LogP contribution in [0.5, 0.6) is 0 Å². The molecular weight excluding hydrogens is 413 g/mol. The first-order valence-electron chi connectivity index (χ1n) is 7.48. The quantitative estimate of drug-likeness (QED) is 0.432. The molecule has 0 saturated carbocycles. The number of hydrogen-bond acceptors (Lipinski definition) is 1. The van der Waals surface area contributed by atoms with E-state index in [4.69, 9.17) is 0 Å². The van der Waals surface area contributed by atoms with E-state index in [2.05, 4.69) is 14.3 Å². The summed E-state index contributed by atoms with van der Waals surface area (Å²) in [6.07, 6.45) is -4.32. The van der Waals surface area contributed by atoms with Crippen LogP contribution in [0.1, 0.15) is 16.8 Å². The molecule has 4 aromatic rings. The molecular formula is C18H14BrF3N2S. The van der Waals surface area contributed by atoms with Crippen LogP contribution >= 0.6 is 11.3 Å². The highest BCUT2D eigenvalue weighted by atomic mass is 79.9. The SMILES string of the molecule is Cc1csc2n1c1ccccc1[n+]2Cc1cccc(C(F)(F)F)c1.[Br-]. The molecule has 0 aliphatic rings. The minimum Gasteiger partial charge on any atom is -1.00 e. The van der Waals surface area contributed by atoms with E-state index in [0.29, 0.717) is 12.1 Å². The molecule has 0 saturated heterocycles. The molecule has 25 heavy (non-hydrogen) atoms. The smallest absolute Gasteiger partial charge is 0.416 e. The number of benzene rings is 2. The summed E-state index contributed by atoms with van der Waals surface area (Å²) in [5, 5.41) is 2.06. The zero-order chi connectivity index (χ0) is 16.9. The third kappa shape index (κ3) is 3.06. The van der Waals surface area contributed by atoms with Crippen molar-refractivity contribution >= 4 is 27.3 Å². The second-order valence-corrected chi connectivity index (χ2v) is 6.60. The van der Waals surface area contributed by atoms with Crippen molar-refractivity contribution in [3.8, 4) is 0 Å². The highest BCUT2D eigenvalue weighted by Gasteiger charge is 2.31. The summed E-state index contributed by atoms with van der Waals surface area (Å²) in [7, 11) is 0. The summed E-state index contributed by atoms with van der Waals surface area (Å²) in [5.41, 5.74) is 3.24. The minimum absolute atomic E-state index is 0. The first-order chi connectivity index (χ1) is 11.4. The van der Waals surface area contributed by atoms with Crippen molar-refractivity contribution in [1.29, 1.82) is 0 Å². The monoisotopic (exact) mass is 426 g/mol.